The van der Waals surface area contributed by atoms with E-state index in [-0.39, 0.29) is 5.91 Å². The second kappa shape index (κ2) is 7.58. The van der Waals surface area contributed by atoms with Gasteiger partial charge in [-0.2, -0.15) is 0 Å². The van der Waals surface area contributed by atoms with Gasteiger partial charge in [-0.3, -0.25) is 14.7 Å². The molecule has 0 bridgehead atoms. The van der Waals surface area contributed by atoms with E-state index in [0.717, 1.165) is 43.1 Å². The molecule has 4 heteroatoms. The summed E-state index contributed by atoms with van der Waals surface area (Å²) in [7, 11) is 1.86. The van der Waals surface area contributed by atoms with E-state index >= 15 is 0 Å². The molecule has 0 radical (unpaired) electrons. The molecule has 4 rings (SSSR count). The first-order valence-electron chi connectivity index (χ1n) is 9.71. The maximum absolute atomic E-state index is 12.8. The minimum absolute atomic E-state index is 0.0803. The smallest absolute Gasteiger partial charge is 0.253 e. The van der Waals surface area contributed by atoms with Gasteiger partial charge in [0.1, 0.15) is 0 Å². The lowest BCUT2D eigenvalue weighted by atomic mass is 9.91. The summed E-state index contributed by atoms with van der Waals surface area (Å²) in [6.07, 6.45) is 9.83. The van der Waals surface area contributed by atoms with Gasteiger partial charge in [-0.15, -0.1) is 0 Å². The zero-order valence-corrected chi connectivity index (χ0v) is 15.5. The van der Waals surface area contributed by atoms with E-state index in [1.165, 1.54) is 30.4 Å². The lowest BCUT2D eigenvalue weighted by molar-refractivity contribution is 0.0785. The summed E-state index contributed by atoms with van der Waals surface area (Å²) in [4.78, 5) is 21.4. The van der Waals surface area contributed by atoms with Crippen molar-refractivity contribution in [1.82, 2.24) is 14.8 Å². The maximum Gasteiger partial charge on any atom is 0.253 e. The molecular weight excluding hydrogens is 322 g/mol. The van der Waals surface area contributed by atoms with Gasteiger partial charge in [0.15, 0.2) is 0 Å². The van der Waals surface area contributed by atoms with Crippen molar-refractivity contribution in [1.29, 1.82) is 0 Å². The van der Waals surface area contributed by atoms with Crippen LogP contribution in [0.4, 0.5) is 0 Å². The highest BCUT2D eigenvalue weighted by Crippen LogP contribution is 2.27. The molecule has 1 amide bonds. The van der Waals surface area contributed by atoms with Gasteiger partial charge in [-0.1, -0.05) is 18.6 Å². The third-order valence-corrected chi connectivity index (χ3v) is 5.87. The highest BCUT2D eigenvalue weighted by Gasteiger charge is 2.26. The van der Waals surface area contributed by atoms with E-state index < -0.39 is 0 Å². The van der Waals surface area contributed by atoms with Crippen LogP contribution in [0.2, 0.25) is 0 Å². The van der Waals surface area contributed by atoms with Crippen molar-refractivity contribution in [3.8, 4) is 0 Å². The number of pyridine rings is 1. The van der Waals surface area contributed by atoms with E-state index in [9.17, 15) is 4.79 Å². The number of hydrogen-bond acceptors (Lipinski definition) is 3. The Balaban J connectivity index is 1.45. The maximum atomic E-state index is 12.8. The molecule has 1 aromatic heterocycles. The fraction of sp³-hybridized carbons (Fsp3) is 0.455. The van der Waals surface area contributed by atoms with E-state index in [1.54, 1.807) is 11.1 Å². The number of nitrogens with zero attached hydrogens (tertiary/aromatic N) is 3. The van der Waals surface area contributed by atoms with Gasteiger partial charge < -0.3 is 4.90 Å². The molecule has 2 aromatic rings. The Hall–Kier alpha value is -2.20. The first-order chi connectivity index (χ1) is 12.7. The van der Waals surface area contributed by atoms with E-state index in [4.69, 9.17) is 0 Å². The molecule has 0 atom stereocenters. The summed E-state index contributed by atoms with van der Waals surface area (Å²) in [6.45, 7) is 2.87. The summed E-state index contributed by atoms with van der Waals surface area (Å²) in [5, 5.41) is 0. The highest BCUT2D eigenvalue weighted by atomic mass is 16.2. The SMILES string of the molecule is CN(Cc1cccnc1)C(=O)c1ccc2c(c1)CCN(C1CCC1)CC2. The van der Waals surface area contributed by atoms with Crippen LogP contribution in [0.15, 0.2) is 42.7 Å². The van der Waals surface area contributed by atoms with E-state index in [1.807, 2.05) is 31.4 Å². The summed E-state index contributed by atoms with van der Waals surface area (Å²) in [6, 6.07) is 11.0. The molecule has 0 N–H and O–H groups in total. The van der Waals surface area contributed by atoms with Crippen molar-refractivity contribution in [2.45, 2.75) is 44.7 Å². The predicted molar refractivity (Wildman–Crippen MR) is 103 cm³/mol. The van der Waals surface area contributed by atoms with Gasteiger partial charge in [-0.25, -0.2) is 0 Å². The molecule has 0 saturated heterocycles. The highest BCUT2D eigenvalue weighted by molar-refractivity contribution is 5.94. The van der Waals surface area contributed by atoms with E-state index in [0.29, 0.717) is 6.54 Å². The van der Waals surface area contributed by atoms with Crippen LogP contribution in [-0.2, 0) is 19.4 Å². The van der Waals surface area contributed by atoms with Gasteiger partial charge in [0.2, 0.25) is 0 Å². The molecule has 136 valence electrons. The minimum Gasteiger partial charge on any atom is -0.337 e. The number of amides is 1. The Labute approximate surface area is 155 Å². The molecular formula is C22H27N3O. The third-order valence-electron chi connectivity index (χ3n) is 5.87. The zero-order valence-electron chi connectivity index (χ0n) is 15.5. The lowest BCUT2D eigenvalue weighted by Crippen LogP contribution is -2.41. The lowest BCUT2D eigenvalue weighted by Gasteiger charge is -2.36. The minimum atomic E-state index is 0.0803. The van der Waals surface area contributed by atoms with Crippen LogP contribution in [-0.4, -0.2) is 46.9 Å². The number of carbonyl (C=O) groups is 1. The Morgan fingerprint density at radius 3 is 2.69 bits per heavy atom. The quantitative estimate of drug-likeness (QED) is 0.850. The van der Waals surface area contributed by atoms with Crippen molar-refractivity contribution in [3.63, 3.8) is 0 Å². The van der Waals surface area contributed by atoms with Crippen molar-refractivity contribution in [2.24, 2.45) is 0 Å². The van der Waals surface area contributed by atoms with Crippen LogP contribution < -0.4 is 0 Å². The van der Waals surface area contributed by atoms with Crippen molar-refractivity contribution in [3.05, 3.63) is 65.0 Å². The van der Waals surface area contributed by atoms with Crippen molar-refractivity contribution < 1.29 is 4.79 Å². The van der Waals surface area contributed by atoms with Gasteiger partial charge in [-0.05, 0) is 60.6 Å². The first-order valence-corrected chi connectivity index (χ1v) is 9.71. The molecule has 1 saturated carbocycles. The summed E-state index contributed by atoms with van der Waals surface area (Å²) in [5.74, 6) is 0.0803. The van der Waals surface area contributed by atoms with Crippen LogP contribution in [0.1, 0.15) is 46.3 Å². The molecule has 0 unspecified atom stereocenters. The van der Waals surface area contributed by atoms with E-state index in [2.05, 4.69) is 22.0 Å². The summed E-state index contributed by atoms with van der Waals surface area (Å²) in [5.41, 5.74) is 4.62. The number of rotatable bonds is 4. The monoisotopic (exact) mass is 349 g/mol. The largest absolute Gasteiger partial charge is 0.337 e. The molecule has 1 aliphatic heterocycles. The number of aromatic nitrogens is 1. The topological polar surface area (TPSA) is 36.4 Å². The Bertz CT molecular complexity index is 770. The Kier molecular flexibility index (Phi) is 5.02. The second-order valence-electron chi connectivity index (χ2n) is 7.63. The standard InChI is InChI=1S/C22H27N3O/c1-24(16-17-4-3-11-23-15-17)22(26)20-8-7-18-9-12-25(21-5-2-6-21)13-10-19(18)14-20/h3-4,7-8,11,14-15,21H,2,5-6,9-10,12-13,16H2,1H3. The van der Waals surface area contributed by atoms with Crippen LogP contribution >= 0.6 is 0 Å². The van der Waals surface area contributed by atoms with Crippen molar-refractivity contribution >= 4 is 5.91 Å². The molecule has 1 fully saturated rings. The number of hydrogen-bond donors (Lipinski definition) is 0. The number of carbonyl (C=O) groups excluding carboxylic acids is 1. The first kappa shape index (κ1) is 17.2. The van der Waals surface area contributed by atoms with Crippen LogP contribution in [0.5, 0.6) is 0 Å². The normalized spacial score (nSPS) is 17.9. The number of benzene rings is 1. The molecule has 2 aliphatic rings. The molecule has 2 heterocycles. The van der Waals surface area contributed by atoms with Gasteiger partial charge in [0, 0.05) is 50.7 Å². The molecule has 1 aromatic carbocycles. The average Bonchev–Trinajstić information content (AvgIpc) is 2.83. The van der Waals surface area contributed by atoms with Crippen LogP contribution in [0.3, 0.4) is 0 Å². The second-order valence-corrected chi connectivity index (χ2v) is 7.63. The average molecular weight is 349 g/mol. The fourth-order valence-electron chi connectivity index (χ4n) is 4.05. The van der Waals surface area contributed by atoms with Gasteiger partial charge >= 0.3 is 0 Å². The zero-order chi connectivity index (χ0) is 17.9. The Morgan fingerprint density at radius 2 is 2.00 bits per heavy atom. The molecule has 0 spiro atoms. The molecule has 26 heavy (non-hydrogen) atoms. The number of fused-ring (bicyclic) bond motifs is 1. The summed E-state index contributed by atoms with van der Waals surface area (Å²) >= 11 is 0. The fourth-order valence-corrected chi connectivity index (χ4v) is 4.05. The molecule has 1 aliphatic carbocycles. The molecule has 4 nitrogen and oxygen atoms in total. The Morgan fingerprint density at radius 1 is 1.19 bits per heavy atom. The summed E-state index contributed by atoms with van der Waals surface area (Å²) < 4.78 is 0. The van der Waals surface area contributed by atoms with Crippen molar-refractivity contribution in [2.75, 3.05) is 20.1 Å². The van der Waals surface area contributed by atoms with Crippen LogP contribution in [0, 0.1) is 0 Å². The predicted octanol–water partition coefficient (Wildman–Crippen LogP) is 3.31. The third kappa shape index (κ3) is 3.65. The van der Waals surface area contributed by atoms with Crippen LogP contribution in [0.25, 0.3) is 0 Å². The van der Waals surface area contributed by atoms with Gasteiger partial charge in [0.05, 0.1) is 0 Å². The van der Waals surface area contributed by atoms with Gasteiger partial charge in [0.25, 0.3) is 5.91 Å².